The third kappa shape index (κ3) is 7.10. The number of alkyl halides is 5. The highest BCUT2D eigenvalue weighted by atomic mass is 32.2. The average Bonchev–Trinajstić information content (AvgIpc) is 2.37. The van der Waals surface area contributed by atoms with E-state index >= 15 is 0 Å². The van der Waals surface area contributed by atoms with E-state index in [0.717, 1.165) is 23.9 Å². The van der Waals surface area contributed by atoms with Crippen LogP contribution in [-0.2, 0) is 6.18 Å². The molecule has 0 heterocycles. The van der Waals surface area contributed by atoms with E-state index in [1.807, 2.05) is 0 Å². The van der Waals surface area contributed by atoms with Crippen LogP contribution in [0, 0.1) is 0 Å². The summed E-state index contributed by atoms with van der Waals surface area (Å²) in [5.41, 5.74) is -0.729. The number of nitrogens with zero attached hydrogens (tertiary/aromatic N) is 1. The quantitative estimate of drug-likeness (QED) is 0.584. The molecular weight excluding hydrogens is 313 g/mol. The maximum absolute atomic E-state index is 12.5. The highest BCUT2D eigenvalue weighted by molar-refractivity contribution is 7.99. The van der Waals surface area contributed by atoms with Crippen LogP contribution in [0.3, 0.4) is 0 Å². The van der Waals surface area contributed by atoms with Crippen molar-refractivity contribution >= 4 is 11.8 Å². The molecule has 2 nitrogen and oxygen atoms in total. The maximum atomic E-state index is 12.5. The molecule has 0 saturated heterocycles. The Morgan fingerprint density at radius 1 is 1.19 bits per heavy atom. The lowest BCUT2D eigenvalue weighted by Gasteiger charge is -2.20. The van der Waals surface area contributed by atoms with Crippen LogP contribution in [0.4, 0.5) is 22.0 Å². The van der Waals surface area contributed by atoms with Crippen LogP contribution in [0.25, 0.3) is 0 Å². The van der Waals surface area contributed by atoms with Gasteiger partial charge in [0.15, 0.2) is 0 Å². The summed E-state index contributed by atoms with van der Waals surface area (Å²) >= 11 is 1.16. The van der Waals surface area contributed by atoms with Crippen LogP contribution in [0.1, 0.15) is 5.56 Å². The summed E-state index contributed by atoms with van der Waals surface area (Å²) in [6.07, 6.45) is -6.90. The first kappa shape index (κ1) is 18.2. The topological polar surface area (TPSA) is 23.5 Å². The summed E-state index contributed by atoms with van der Waals surface area (Å²) in [7, 11) is 0. The first-order chi connectivity index (χ1) is 9.82. The van der Waals surface area contributed by atoms with E-state index in [2.05, 4.69) is 0 Å². The number of hydrogen-bond donors (Lipinski definition) is 1. The summed E-state index contributed by atoms with van der Waals surface area (Å²) < 4.78 is 62.2. The first-order valence-corrected chi connectivity index (χ1v) is 7.23. The summed E-state index contributed by atoms with van der Waals surface area (Å²) in [5.74, 6) is 0.369. The van der Waals surface area contributed by atoms with Crippen molar-refractivity contribution in [3.63, 3.8) is 0 Å². The Bertz CT molecular complexity index is 427. The van der Waals surface area contributed by atoms with Crippen molar-refractivity contribution in [2.75, 3.05) is 32.0 Å². The molecule has 0 fully saturated rings. The second-order valence-corrected chi connectivity index (χ2v) is 5.46. The van der Waals surface area contributed by atoms with Crippen molar-refractivity contribution in [2.45, 2.75) is 17.5 Å². The van der Waals surface area contributed by atoms with E-state index in [1.54, 1.807) is 6.07 Å². The molecule has 1 aromatic carbocycles. The molecule has 8 heteroatoms. The smallest absolute Gasteiger partial charge is 0.395 e. The fourth-order valence-electron chi connectivity index (χ4n) is 1.69. The molecular formula is C13H16F5NOS. The Morgan fingerprint density at radius 2 is 1.90 bits per heavy atom. The first-order valence-electron chi connectivity index (χ1n) is 6.24. The van der Waals surface area contributed by atoms with Crippen LogP contribution >= 0.6 is 11.8 Å². The van der Waals surface area contributed by atoms with Gasteiger partial charge < -0.3 is 5.11 Å². The number of halogens is 5. The van der Waals surface area contributed by atoms with Gasteiger partial charge in [0.05, 0.1) is 18.7 Å². The van der Waals surface area contributed by atoms with Gasteiger partial charge in [-0.1, -0.05) is 6.07 Å². The molecule has 21 heavy (non-hydrogen) atoms. The van der Waals surface area contributed by atoms with Crippen molar-refractivity contribution < 1.29 is 27.1 Å². The third-order valence-electron chi connectivity index (χ3n) is 2.65. The summed E-state index contributed by atoms with van der Waals surface area (Å²) in [6.45, 7) is -0.302. The Balaban J connectivity index is 2.51. The monoisotopic (exact) mass is 329 g/mol. The van der Waals surface area contributed by atoms with E-state index in [9.17, 15) is 22.0 Å². The fourth-order valence-corrected chi connectivity index (χ4v) is 2.66. The SMILES string of the molecule is OCCN(CCSc1cccc(C(F)(F)F)c1)CC(F)F. The molecule has 0 bridgehead atoms. The van der Waals surface area contributed by atoms with Crippen LogP contribution in [0.15, 0.2) is 29.2 Å². The molecule has 0 aliphatic carbocycles. The van der Waals surface area contributed by atoms with Crippen molar-refractivity contribution in [3.05, 3.63) is 29.8 Å². The summed E-state index contributed by atoms with van der Waals surface area (Å²) in [6, 6.07) is 4.88. The molecule has 0 atom stereocenters. The molecule has 0 amide bonds. The summed E-state index contributed by atoms with van der Waals surface area (Å²) in [4.78, 5) is 1.82. The lowest BCUT2D eigenvalue weighted by atomic mass is 10.2. The van der Waals surface area contributed by atoms with Crippen LogP contribution in [0.2, 0.25) is 0 Å². The zero-order chi connectivity index (χ0) is 15.9. The van der Waals surface area contributed by atoms with Gasteiger partial charge in [0.25, 0.3) is 6.43 Å². The van der Waals surface area contributed by atoms with E-state index in [0.29, 0.717) is 10.6 Å². The number of thioether (sulfide) groups is 1. The van der Waals surface area contributed by atoms with Crippen molar-refractivity contribution in [2.24, 2.45) is 0 Å². The standard InChI is InChI=1S/C13H16F5NOS/c14-12(15)9-19(4-6-20)5-7-21-11-3-1-2-10(8-11)13(16,17)18/h1-3,8,12,20H,4-7,9H2. The molecule has 0 aliphatic rings. The molecule has 120 valence electrons. The van der Waals surface area contributed by atoms with Gasteiger partial charge in [-0.05, 0) is 18.2 Å². The van der Waals surface area contributed by atoms with Crippen molar-refractivity contribution in [3.8, 4) is 0 Å². The van der Waals surface area contributed by atoms with E-state index in [-0.39, 0.29) is 19.7 Å². The Morgan fingerprint density at radius 3 is 2.48 bits per heavy atom. The molecule has 0 saturated carbocycles. The normalized spacial score (nSPS) is 12.4. The number of aliphatic hydroxyl groups is 1. The molecule has 0 aliphatic heterocycles. The van der Waals surface area contributed by atoms with E-state index < -0.39 is 24.7 Å². The van der Waals surface area contributed by atoms with Gasteiger partial charge in [-0.25, -0.2) is 8.78 Å². The lowest BCUT2D eigenvalue weighted by molar-refractivity contribution is -0.137. The minimum atomic E-state index is -4.39. The molecule has 1 rings (SSSR count). The molecule has 0 radical (unpaired) electrons. The molecule has 1 N–H and O–H groups in total. The average molecular weight is 329 g/mol. The highest BCUT2D eigenvalue weighted by Crippen LogP contribution is 2.31. The van der Waals surface area contributed by atoms with E-state index in [1.165, 1.54) is 11.0 Å². The van der Waals surface area contributed by atoms with Crippen LogP contribution < -0.4 is 0 Å². The van der Waals surface area contributed by atoms with Gasteiger partial charge in [0.2, 0.25) is 0 Å². The van der Waals surface area contributed by atoms with Gasteiger partial charge in [0.1, 0.15) is 0 Å². The second kappa shape index (κ2) is 8.55. The minimum absolute atomic E-state index is 0.119. The number of benzene rings is 1. The largest absolute Gasteiger partial charge is 0.416 e. The fraction of sp³-hybridized carbons (Fsp3) is 0.538. The molecule has 0 unspecified atom stereocenters. The van der Waals surface area contributed by atoms with Crippen molar-refractivity contribution in [1.82, 2.24) is 4.90 Å². The number of hydrogen-bond acceptors (Lipinski definition) is 3. The molecule has 1 aromatic rings. The Hall–Kier alpha value is -0.860. The zero-order valence-electron chi connectivity index (χ0n) is 11.1. The predicted octanol–water partition coefficient (Wildman–Crippen LogP) is 3.36. The summed E-state index contributed by atoms with van der Waals surface area (Å²) in [5, 5.41) is 8.77. The van der Waals surface area contributed by atoms with Gasteiger partial charge in [-0.2, -0.15) is 13.2 Å². The number of aliphatic hydroxyl groups excluding tert-OH is 1. The molecule has 0 aromatic heterocycles. The maximum Gasteiger partial charge on any atom is 0.416 e. The second-order valence-electron chi connectivity index (χ2n) is 4.29. The van der Waals surface area contributed by atoms with Crippen LogP contribution in [-0.4, -0.2) is 48.4 Å². The molecule has 0 spiro atoms. The number of rotatable bonds is 8. The third-order valence-corrected chi connectivity index (χ3v) is 3.62. The van der Waals surface area contributed by atoms with E-state index in [4.69, 9.17) is 5.11 Å². The Kier molecular flexibility index (Phi) is 7.41. The predicted molar refractivity (Wildman–Crippen MR) is 71.7 cm³/mol. The Labute approximate surface area is 123 Å². The van der Waals surface area contributed by atoms with Gasteiger partial charge in [-0.15, -0.1) is 11.8 Å². The van der Waals surface area contributed by atoms with Gasteiger partial charge in [-0.3, -0.25) is 4.90 Å². The lowest BCUT2D eigenvalue weighted by Crippen LogP contribution is -2.33. The van der Waals surface area contributed by atoms with Crippen molar-refractivity contribution in [1.29, 1.82) is 0 Å². The van der Waals surface area contributed by atoms with Gasteiger partial charge >= 0.3 is 6.18 Å². The highest BCUT2D eigenvalue weighted by Gasteiger charge is 2.30. The van der Waals surface area contributed by atoms with Crippen LogP contribution in [0.5, 0.6) is 0 Å². The minimum Gasteiger partial charge on any atom is -0.395 e. The zero-order valence-corrected chi connectivity index (χ0v) is 11.9. The van der Waals surface area contributed by atoms with Gasteiger partial charge in [0, 0.05) is 23.7 Å².